The highest BCUT2D eigenvalue weighted by Crippen LogP contribution is 2.46. The van der Waals surface area contributed by atoms with Crippen LogP contribution in [0, 0.1) is 0 Å². The zero-order chi connectivity index (χ0) is 91.0. The molecule has 124 heavy (non-hydrogen) atoms. The van der Waals surface area contributed by atoms with Crippen LogP contribution in [-0.2, 0) is 74.5 Å². The predicted molar refractivity (Wildman–Crippen MR) is 492 cm³/mol. The van der Waals surface area contributed by atoms with Crippen molar-refractivity contribution in [2.24, 2.45) is 0 Å². The number of hydrogen-bond acceptors (Lipinski definition) is 18. The van der Waals surface area contributed by atoms with Gasteiger partial charge in [0.15, 0.2) is 5.82 Å². The van der Waals surface area contributed by atoms with E-state index in [9.17, 15) is 33.6 Å². The number of benzene rings is 5. The van der Waals surface area contributed by atoms with E-state index in [1.807, 2.05) is 231 Å². The molecule has 3 aliphatic heterocycles. The average molecular weight is 1820 g/mol. The number of amides is 5. The van der Waals surface area contributed by atoms with Gasteiger partial charge >= 0.3 is 33.3 Å². The number of H-pyrrole nitrogens is 1. The third-order valence-corrected chi connectivity index (χ3v) is 24.2. The fourth-order valence-electron chi connectivity index (χ4n) is 12.8. The van der Waals surface area contributed by atoms with E-state index in [0.29, 0.717) is 48.3 Å². The van der Waals surface area contributed by atoms with Gasteiger partial charge in [0.1, 0.15) is 22.8 Å². The fraction of sp³-hybridized carbons (Fsp3) is 0.462. The molecule has 6 heterocycles. The first-order chi connectivity index (χ1) is 57.9. The Morgan fingerprint density at radius 1 is 0.468 bits per heavy atom. The van der Waals surface area contributed by atoms with Crippen LogP contribution in [0.4, 0.5) is 27.0 Å². The molecule has 14 rings (SSSR count). The standard InChI is InChI=1S/C26H36BN3O5.C25H26N4O2.C20H24BrN3O3.C12H24B2O4.C10H10BrNO/c1-16(17-11-13-19(14-12-17)27-34-25(5,6)26(7,8)35-27)22(31)28-21-15-20(18-9-10-18)29-30(21)23(32)33-24(2,3)4;1-3-24(30)26-15-17-4-6-19(7-5-17)20-10-8-18(9-11-20)16(2)25(31)27-23-14-22(28-29-23)21-12-13-21;1-12(13-7-9-15(21)10-8-13)18(25)22-17-11-16(14-5-6-14)23-24(17)19(26)27-20(2,3)4;1-9(2)10(3,4)16-13(15-9)14-17-11(5,6)12(7,8)18-14;1-2-10(13)12-7-8-3-5-9(11)6-4-8/h11-16,18H,9-10H2,1-8H3,(H,28,31);3-11,14,16,21H,1,12-13,15H2,2H3,(H,26,30)(H2,27,28,29,31);7-12,14H,5-6H2,1-4H3,(H,22,25);1-8H3;2-6H,1,7H2,(H,12,13). The molecule has 26 nitrogen and oxygen atoms in total. The molecule has 0 spiro atoms. The van der Waals surface area contributed by atoms with Gasteiger partial charge in [-0.3, -0.25) is 29.1 Å². The fourth-order valence-corrected chi connectivity index (χ4v) is 13.3. The summed E-state index contributed by atoms with van der Waals surface area (Å²) in [5, 5.41) is 30.1. The smallest absolute Gasteiger partial charge is 0.442 e. The highest BCUT2D eigenvalue weighted by atomic mass is 79.9. The van der Waals surface area contributed by atoms with Crippen LogP contribution in [0.2, 0.25) is 0 Å². The molecule has 31 heteroatoms. The second-order valence-corrected chi connectivity index (χ2v) is 39.0. The Kier molecular flexibility index (Phi) is 30.8. The summed E-state index contributed by atoms with van der Waals surface area (Å²) in [7, 11) is -1.41. The molecule has 3 aliphatic carbocycles. The van der Waals surface area contributed by atoms with E-state index in [-0.39, 0.29) is 63.8 Å². The van der Waals surface area contributed by atoms with E-state index in [1.54, 1.807) is 53.7 Å². The van der Waals surface area contributed by atoms with Gasteiger partial charge in [0, 0.05) is 63.7 Å². The first-order valence-corrected chi connectivity index (χ1v) is 43.8. The summed E-state index contributed by atoms with van der Waals surface area (Å²) in [6, 6.07) is 44.6. The van der Waals surface area contributed by atoms with Gasteiger partial charge in [-0.25, -0.2) is 9.59 Å². The van der Waals surface area contributed by atoms with E-state index < -0.39 is 61.6 Å². The summed E-state index contributed by atoms with van der Waals surface area (Å²) in [5.74, 6) is 0.551. The number of carbonyl (C=O) groups is 7. The van der Waals surface area contributed by atoms with E-state index in [1.165, 1.54) is 25.0 Å². The first kappa shape index (κ1) is 96.6. The first-order valence-electron chi connectivity index (χ1n) is 42.2. The van der Waals surface area contributed by atoms with E-state index in [4.69, 9.17) is 37.4 Å². The van der Waals surface area contributed by atoms with Crippen LogP contribution in [0.15, 0.2) is 174 Å². The number of hydrogen-bond donors (Lipinski definition) is 6. The Morgan fingerprint density at radius 2 is 0.782 bits per heavy atom. The molecule has 8 aromatic rings. The molecule has 3 saturated carbocycles. The molecule has 5 aromatic carbocycles. The number of anilines is 3. The van der Waals surface area contributed by atoms with Crippen molar-refractivity contribution in [1.82, 2.24) is 40.4 Å². The zero-order valence-corrected chi connectivity index (χ0v) is 78.5. The largest absolute Gasteiger partial charge is 0.494 e. The van der Waals surface area contributed by atoms with Crippen LogP contribution in [-0.4, -0.2) is 137 Å². The van der Waals surface area contributed by atoms with Crippen LogP contribution in [0.1, 0.15) is 264 Å². The van der Waals surface area contributed by atoms with Crippen molar-refractivity contribution in [3.05, 3.63) is 219 Å². The molecule has 5 amide bonds. The molecule has 6 N–H and O–H groups in total. The Labute approximate surface area is 747 Å². The molecule has 660 valence electrons. The van der Waals surface area contributed by atoms with Gasteiger partial charge in [-0.1, -0.05) is 142 Å². The minimum absolute atomic E-state index is 0.0764. The van der Waals surface area contributed by atoms with Gasteiger partial charge in [-0.15, -0.1) is 9.36 Å². The molecule has 3 saturated heterocycles. The second kappa shape index (κ2) is 39.5. The number of halogens is 2. The Morgan fingerprint density at radius 3 is 1.13 bits per heavy atom. The van der Waals surface area contributed by atoms with Crippen molar-refractivity contribution in [3.8, 4) is 11.1 Å². The number of rotatable bonds is 21. The average Bonchev–Trinajstić information content (AvgIpc) is 1.58. The topological polar surface area (TPSA) is 318 Å². The maximum Gasteiger partial charge on any atom is 0.494 e. The van der Waals surface area contributed by atoms with Crippen molar-refractivity contribution in [3.63, 3.8) is 0 Å². The van der Waals surface area contributed by atoms with Gasteiger partial charge < -0.3 is 64.0 Å². The van der Waals surface area contributed by atoms with Crippen molar-refractivity contribution >= 4 is 118 Å². The molecule has 6 aliphatic rings. The third-order valence-electron chi connectivity index (χ3n) is 23.1. The van der Waals surface area contributed by atoms with Gasteiger partial charge in [-0.05, 0) is 265 Å². The summed E-state index contributed by atoms with van der Waals surface area (Å²) in [6.07, 6.45) is 7.85. The van der Waals surface area contributed by atoms with E-state index in [2.05, 4.69) is 92.0 Å². The second-order valence-electron chi connectivity index (χ2n) is 37.2. The Hall–Kier alpha value is -9.59. The molecule has 3 unspecified atom stereocenters. The summed E-state index contributed by atoms with van der Waals surface area (Å²) in [5.41, 5.74) is 6.93. The SMILES string of the molecule is C=CC(=O)NCc1ccc(-c2ccc(C(C)C(=O)Nc3cc(C4CC4)[nH]n3)cc2)cc1.C=CC(=O)NCc1ccc(Br)cc1.CC(C(=O)Nc1cc(C2CC2)nn1C(=O)OC(C)(C)C)c1ccc(B2OC(C)(C)C(C)(C)O2)cc1.CC(C(=O)Nc1cc(C2CC2)nn1C(=O)OC(C)(C)C)c1ccc(Br)cc1.CC1(C)OB(B2OC(C)(C)C(C)(C)O2)OC1(C)C. The highest BCUT2D eigenvalue weighted by molar-refractivity contribution is 9.10. The van der Waals surface area contributed by atoms with Gasteiger partial charge in [0.2, 0.25) is 29.5 Å². The van der Waals surface area contributed by atoms with Crippen LogP contribution in [0.3, 0.4) is 0 Å². The van der Waals surface area contributed by atoms with E-state index in [0.717, 1.165) is 105 Å². The maximum atomic E-state index is 13.1. The van der Waals surface area contributed by atoms with Crippen LogP contribution < -0.4 is 32.0 Å². The Bertz CT molecular complexity index is 5020. The lowest BCUT2D eigenvalue weighted by molar-refractivity contribution is -0.118. The van der Waals surface area contributed by atoms with Crippen molar-refractivity contribution < 1.29 is 71.0 Å². The summed E-state index contributed by atoms with van der Waals surface area (Å²) < 4.78 is 51.3. The normalized spacial score (nSPS) is 18.1. The third kappa shape index (κ3) is 26.1. The molecule has 6 fully saturated rings. The van der Waals surface area contributed by atoms with E-state index >= 15 is 0 Å². The number of nitrogens with one attached hydrogen (secondary N) is 6. The number of ether oxygens (including phenoxy) is 2. The zero-order valence-electron chi connectivity index (χ0n) is 75.3. The molecular formula is C93H120B3Br2N11O15. The lowest BCUT2D eigenvalue weighted by Gasteiger charge is -2.32. The lowest BCUT2D eigenvalue weighted by Crippen LogP contribution is -2.41. The van der Waals surface area contributed by atoms with Crippen LogP contribution in [0.5, 0.6) is 0 Å². The summed E-state index contributed by atoms with van der Waals surface area (Å²) in [4.78, 5) is 85.8. The number of nitrogens with zero attached hydrogens (tertiary/aromatic N) is 5. The lowest BCUT2D eigenvalue weighted by atomic mass is 9.49. The van der Waals surface area contributed by atoms with Crippen molar-refractivity contribution in [1.29, 1.82) is 0 Å². The predicted octanol–water partition coefficient (Wildman–Crippen LogP) is 18.6. The van der Waals surface area contributed by atoms with Gasteiger partial charge in [0.05, 0.1) is 62.7 Å². The molecule has 0 bridgehead atoms. The van der Waals surface area contributed by atoms with Gasteiger partial charge in [-0.2, -0.15) is 15.3 Å². The minimum atomic E-state index is -0.670. The minimum Gasteiger partial charge on any atom is -0.442 e. The Balaban J connectivity index is 0.000000168. The summed E-state index contributed by atoms with van der Waals surface area (Å²) >= 11 is 6.73. The molecular weight excluding hydrogens is 1700 g/mol. The number of aromatic amines is 1. The van der Waals surface area contributed by atoms with Crippen molar-refractivity contribution in [2.45, 2.75) is 277 Å². The molecule has 0 radical (unpaired) electrons. The molecule has 3 aromatic heterocycles. The maximum absolute atomic E-state index is 13.1. The number of carbonyl (C=O) groups excluding carboxylic acids is 7. The van der Waals surface area contributed by atoms with Gasteiger partial charge in [0.25, 0.3) is 0 Å². The highest BCUT2D eigenvalue weighted by Gasteiger charge is 2.64. The van der Waals surface area contributed by atoms with Crippen LogP contribution in [0.25, 0.3) is 11.1 Å². The number of aromatic nitrogens is 6. The van der Waals surface area contributed by atoms with Crippen molar-refractivity contribution in [2.75, 3.05) is 16.0 Å². The monoisotopic (exact) mass is 1820 g/mol. The quantitative estimate of drug-likeness (QED) is 0.0288. The summed E-state index contributed by atoms with van der Waals surface area (Å²) in [6.45, 7) is 48.4. The molecule has 3 atom stereocenters. The van der Waals surface area contributed by atoms with Crippen LogP contribution >= 0.6 is 31.9 Å².